The largest absolute Gasteiger partial charge is 0.350 e. The second-order valence-electron chi connectivity index (χ2n) is 5.01. The Hall–Kier alpha value is -3.03. The number of nitrogens with one attached hydrogen (secondary N) is 1. The molecule has 0 unspecified atom stereocenters. The molecule has 0 atom stereocenters. The fourth-order valence-corrected chi connectivity index (χ4v) is 2.28. The van der Waals surface area contributed by atoms with Gasteiger partial charge in [-0.3, -0.25) is 9.48 Å². The monoisotopic (exact) mass is 311 g/mol. The van der Waals surface area contributed by atoms with Crippen LogP contribution in [0.3, 0.4) is 0 Å². The van der Waals surface area contributed by atoms with Gasteiger partial charge < -0.3 is 5.32 Å². The quantitative estimate of drug-likeness (QED) is 0.725. The molecule has 118 valence electrons. The van der Waals surface area contributed by atoms with E-state index in [1.54, 1.807) is 10.9 Å². The second-order valence-corrected chi connectivity index (χ2v) is 5.01. The first-order valence-corrected chi connectivity index (χ1v) is 7.36. The van der Waals surface area contributed by atoms with E-state index in [1.165, 1.54) is 6.33 Å². The van der Waals surface area contributed by atoms with Gasteiger partial charge in [-0.25, -0.2) is 4.68 Å². The molecule has 0 aliphatic carbocycles. The summed E-state index contributed by atoms with van der Waals surface area (Å²) in [6.07, 6.45) is 3.59. The number of tetrazole rings is 1. The predicted molar refractivity (Wildman–Crippen MR) is 82.6 cm³/mol. The number of amides is 1. The molecule has 3 rings (SSSR count). The van der Waals surface area contributed by atoms with Gasteiger partial charge in [0.25, 0.3) is 0 Å². The van der Waals surface area contributed by atoms with Gasteiger partial charge in [-0.15, -0.1) is 5.10 Å². The van der Waals surface area contributed by atoms with Crippen molar-refractivity contribution in [1.29, 1.82) is 0 Å². The van der Waals surface area contributed by atoms with Crippen LogP contribution >= 0.6 is 0 Å². The van der Waals surface area contributed by atoms with Crippen molar-refractivity contribution >= 4 is 5.91 Å². The number of nitrogens with zero attached hydrogens (tertiary/aromatic N) is 6. The van der Waals surface area contributed by atoms with Crippen molar-refractivity contribution in [3.63, 3.8) is 0 Å². The smallest absolute Gasteiger partial charge is 0.224 e. The molecule has 3 aromatic rings. The average Bonchev–Trinajstić information content (AvgIpc) is 3.25. The fourth-order valence-electron chi connectivity index (χ4n) is 2.28. The lowest BCUT2D eigenvalue weighted by atomic mass is 10.1. The summed E-state index contributed by atoms with van der Waals surface area (Å²) >= 11 is 0. The molecule has 1 amide bonds. The molecule has 0 aliphatic rings. The van der Waals surface area contributed by atoms with Crippen molar-refractivity contribution in [1.82, 2.24) is 35.3 Å². The maximum Gasteiger partial charge on any atom is 0.224 e. The molecule has 2 heterocycles. The van der Waals surface area contributed by atoms with Crippen molar-refractivity contribution in [2.45, 2.75) is 26.4 Å². The molecular weight excluding hydrogens is 294 g/mol. The van der Waals surface area contributed by atoms with Crippen molar-refractivity contribution in [2.75, 3.05) is 0 Å². The average molecular weight is 311 g/mol. The Balaban J connectivity index is 1.55. The molecule has 0 aliphatic heterocycles. The Bertz CT molecular complexity index is 761. The van der Waals surface area contributed by atoms with Gasteiger partial charge in [-0.1, -0.05) is 12.1 Å². The third-order valence-electron chi connectivity index (χ3n) is 3.49. The molecule has 1 N–H and O–H groups in total. The van der Waals surface area contributed by atoms with Gasteiger partial charge in [0.15, 0.2) is 0 Å². The highest BCUT2D eigenvalue weighted by molar-refractivity contribution is 5.78. The third kappa shape index (κ3) is 3.60. The van der Waals surface area contributed by atoms with E-state index in [2.05, 4.69) is 25.9 Å². The van der Waals surface area contributed by atoms with Crippen LogP contribution in [0.4, 0.5) is 0 Å². The number of hydrogen-bond acceptors (Lipinski definition) is 5. The van der Waals surface area contributed by atoms with Crippen molar-refractivity contribution in [3.05, 3.63) is 54.1 Å². The summed E-state index contributed by atoms with van der Waals surface area (Å²) < 4.78 is 3.43. The zero-order valence-corrected chi connectivity index (χ0v) is 12.8. The standard InChI is InChI=1S/C15H17N7O/c1-2-21-14(7-8-18-21)10-16-15(23)9-12-3-5-13(6-4-12)22-11-17-19-20-22/h3-8,11H,2,9-10H2,1H3,(H,16,23). The number of hydrogen-bond donors (Lipinski definition) is 1. The van der Waals surface area contributed by atoms with Crippen LogP contribution in [0.15, 0.2) is 42.9 Å². The number of aromatic nitrogens is 6. The molecule has 0 saturated carbocycles. The lowest BCUT2D eigenvalue weighted by molar-refractivity contribution is -0.120. The highest BCUT2D eigenvalue weighted by Gasteiger charge is 2.06. The van der Waals surface area contributed by atoms with E-state index in [0.717, 1.165) is 23.5 Å². The number of carbonyl (C=O) groups is 1. The molecule has 0 saturated heterocycles. The van der Waals surface area contributed by atoms with Crippen molar-refractivity contribution in [2.24, 2.45) is 0 Å². The van der Waals surface area contributed by atoms with E-state index >= 15 is 0 Å². The number of rotatable bonds is 6. The third-order valence-corrected chi connectivity index (χ3v) is 3.49. The summed E-state index contributed by atoms with van der Waals surface area (Å²) in [5.74, 6) is -0.0241. The van der Waals surface area contributed by atoms with Crippen LogP contribution in [0.1, 0.15) is 18.2 Å². The lowest BCUT2D eigenvalue weighted by Gasteiger charge is -2.07. The second kappa shape index (κ2) is 6.82. The van der Waals surface area contributed by atoms with E-state index < -0.39 is 0 Å². The predicted octanol–water partition coefficient (Wildman–Crippen LogP) is 0.738. The van der Waals surface area contributed by atoms with Gasteiger partial charge in [0.2, 0.25) is 5.91 Å². The Morgan fingerprint density at radius 2 is 2.04 bits per heavy atom. The molecule has 1 aromatic carbocycles. The summed E-state index contributed by atoms with van der Waals surface area (Å²) in [7, 11) is 0. The molecule has 0 spiro atoms. The first-order valence-electron chi connectivity index (χ1n) is 7.36. The van der Waals surface area contributed by atoms with Crippen molar-refractivity contribution in [3.8, 4) is 5.69 Å². The van der Waals surface area contributed by atoms with Crippen LogP contribution < -0.4 is 5.32 Å². The molecule has 0 radical (unpaired) electrons. The zero-order valence-electron chi connectivity index (χ0n) is 12.8. The minimum atomic E-state index is -0.0241. The van der Waals surface area contributed by atoms with E-state index in [-0.39, 0.29) is 5.91 Å². The van der Waals surface area contributed by atoms with Crippen molar-refractivity contribution < 1.29 is 4.79 Å². The molecule has 8 nitrogen and oxygen atoms in total. The van der Waals surface area contributed by atoms with E-state index in [9.17, 15) is 4.79 Å². The summed E-state index contributed by atoms with van der Waals surface area (Å²) in [5.41, 5.74) is 2.78. The van der Waals surface area contributed by atoms with E-state index in [4.69, 9.17) is 0 Å². The maximum atomic E-state index is 12.0. The SMILES string of the molecule is CCn1nccc1CNC(=O)Cc1ccc(-n2cnnn2)cc1. The maximum absolute atomic E-state index is 12.0. The van der Waals surface area contributed by atoms with Crippen LogP contribution in [0.2, 0.25) is 0 Å². The topological polar surface area (TPSA) is 90.5 Å². The molecule has 0 bridgehead atoms. The van der Waals surface area contributed by atoms with Crippen LogP contribution in [-0.4, -0.2) is 35.9 Å². The summed E-state index contributed by atoms with van der Waals surface area (Å²) in [4.78, 5) is 12.0. The number of aryl methyl sites for hydroxylation is 1. The Morgan fingerprint density at radius 1 is 1.22 bits per heavy atom. The van der Waals surface area contributed by atoms with Gasteiger partial charge in [0, 0.05) is 12.7 Å². The van der Waals surface area contributed by atoms with Gasteiger partial charge in [0.05, 0.1) is 24.3 Å². The Kier molecular flexibility index (Phi) is 4.41. The van der Waals surface area contributed by atoms with Gasteiger partial charge >= 0.3 is 0 Å². The van der Waals surface area contributed by atoms with E-state index in [1.807, 2.05) is 41.9 Å². The normalized spacial score (nSPS) is 10.7. The molecule has 2 aromatic heterocycles. The first-order chi connectivity index (χ1) is 11.3. The van der Waals surface area contributed by atoms with Crippen LogP contribution in [0, 0.1) is 0 Å². The summed E-state index contributed by atoms with van der Waals surface area (Å²) in [6, 6.07) is 9.46. The van der Waals surface area contributed by atoms with Gasteiger partial charge in [0.1, 0.15) is 6.33 Å². The van der Waals surface area contributed by atoms with Crippen LogP contribution in [0.25, 0.3) is 5.69 Å². The van der Waals surface area contributed by atoms with Gasteiger partial charge in [-0.05, 0) is 41.1 Å². The van der Waals surface area contributed by atoms with Crippen LogP contribution in [0.5, 0.6) is 0 Å². The molecular formula is C15H17N7O. The number of benzene rings is 1. The van der Waals surface area contributed by atoms with Gasteiger partial charge in [-0.2, -0.15) is 5.10 Å². The zero-order chi connectivity index (χ0) is 16.1. The first kappa shape index (κ1) is 14.9. The van der Waals surface area contributed by atoms with E-state index in [0.29, 0.717) is 13.0 Å². The van der Waals surface area contributed by atoms with Crippen LogP contribution in [-0.2, 0) is 24.3 Å². The molecule has 0 fully saturated rings. The minimum absolute atomic E-state index is 0.0241. The highest BCUT2D eigenvalue weighted by Crippen LogP contribution is 2.08. The summed E-state index contributed by atoms with van der Waals surface area (Å²) in [5, 5.41) is 18.1. The number of carbonyl (C=O) groups excluding carboxylic acids is 1. The highest BCUT2D eigenvalue weighted by atomic mass is 16.1. The fraction of sp³-hybridized carbons (Fsp3) is 0.267. The Morgan fingerprint density at radius 3 is 2.74 bits per heavy atom. The lowest BCUT2D eigenvalue weighted by Crippen LogP contribution is -2.25. The minimum Gasteiger partial charge on any atom is -0.350 e. The molecule has 23 heavy (non-hydrogen) atoms. The Labute approximate surface area is 133 Å². The molecule has 8 heteroatoms. The summed E-state index contributed by atoms with van der Waals surface area (Å²) in [6.45, 7) is 3.29.